The summed E-state index contributed by atoms with van der Waals surface area (Å²) in [5.74, 6) is -1.69. The molecule has 0 bridgehead atoms. The van der Waals surface area contributed by atoms with E-state index in [2.05, 4.69) is 10.4 Å². The van der Waals surface area contributed by atoms with Gasteiger partial charge < -0.3 is 10.4 Å². The van der Waals surface area contributed by atoms with Crippen LogP contribution in [-0.4, -0.2) is 44.5 Å². The van der Waals surface area contributed by atoms with Crippen molar-refractivity contribution in [3.63, 3.8) is 0 Å². The Morgan fingerprint density at radius 1 is 1.06 bits per heavy atom. The molecular formula is C23H18F3N5O5. The molecule has 2 heterocycles. The number of amides is 2. The van der Waals surface area contributed by atoms with Gasteiger partial charge in [0.05, 0.1) is 17.3 Å². The largest absolute Gasteiger partial charge is 0.476 e. The van der Waals surface area contributed by atoms with Crippen LogP contribution in [0.15, 0.2) is 52.1 Å². The number of alkyl halides is 3. The SMILES string of the molecule is O=C(O)c1nn(-c2ccc(N3CCNC3=O)cc2)c(=O)n([C@@H]2CCc3c2cccc3C(F)(F)F)c1=O. The van der Waals surface area contributed by atoms with Crippen LogP contribution in [0, 0.1) is 0 Å². The summed E-state index contributed by atoms with van der Waals surface area (Å²) in [4.78, 5) is 51.6. The van der Waals surface area contributed by atoms with Gasteiger partial charge in [-0.1, -0.05) is 12.1 Å². The molecule has 1 aromatic heterocycles. The summed E-state index contributed by atoms with van der Waals surface area (Å²) in [7, 11) is 0. The van der Waals surface area contributed by atoms with E-state index in [0.717, 1.165) is 10.7 Å². The number of carboxylic acids is 1. The number of nitrogens with one attached hydrogen (secondary N) is 1. The number of hydrogen-bond acceptors (Lipinski definition) is 5. The smallest absolute Gasteiger partial charge is 0.416 e. The van der Waals surface area contributed by atoms with Gasteiger partial charge in [0.1, 0.15) is 0 Å². The Bertz CT molecular complexity index is 1510. The summed E-state index contributed by atoms with van der Waals surface area (Å²) in [6, 6.07) is 8.06. The fourth-order valence-corrected chi connectivity index (χ4v) is 4.72. The molecule has 0 saturated carbocycles. The molecule has 186 valence electrons. The van der Waals surface area contributed by atoms with Gasteiger partial charge in [-0.2, -0.15) is 23.0 Å². The zero-order valence-corrected chi connectivity index (χ0v) is 18.5. The second kappa shape index (κ2) is 8.36. The van der Waals surface area contributed by atoms with E-state index in [1.165, 1.54) is 41.3 Å². The number of hydrogen-bond donors (Lipinski definition) is 2. The van der Waals surface area contributed by atoms with Gasteiger partial charge in [0, 0.05) is 18.8 Å². The van der Waals surface area contributed by atoms with Crippen LogP contribution >= 0.6 is 0 Å². The predicted molar refractivity (Wildman–Crippen MR) is 120 cm³/mol. The normalized spacial score (nSPS) is 17.2. The van der Waals surface area contributed by atoms with Gasteiger partial charge >= 0.3 is 23.9 Å². The van der Waals surface area contributed by atoms with Crippen molar-refractivity contribution in [2.45, 2.75) is 25.1 Å². The first kappa shape index (κ1) is 23.3. The van der Waals surface area contributed by atoms with Crippen LogP contribution in [0.25, 0.3) is 5.69 Å². The number of carbonyl (C=O) groups excluding carboxylic acids is 1. The molecule has 1 fully saturated rings. The highest BCUT2D eigenvalue weighted by Crippen LogP contribution is 2.41. The fraction of sp³-hybridized carbons (Fsp3) is 0.261. The standard InChI is InChI=1S/C23H18F3N5O5/c24-23(25,26)16-3-1-2-15-14(16)8-9-17(15)30-19(32)18(20(33)34)28-31(22(30)36)13-6-4-12(5-7-13)29-11-10-27-21(29)35/h1-7,17H,8-11H2,(H,27,35)(H,33,34)/t17-/m1/s1. The number of aromatic nitrogens is 3. The highest BCUT2D eigenvalue weighted by atomic mass is 19.4. The molecule has 0 radical (unpaired) electrons. The molecule has 1 saturated heterocycles. The Labute approximate surface area is 200 Å². The third-order valence-electron chi connectivity index (χ3n) is 6.33. The molecule has 1 aliphatic carbocycles. The number of halogens is 3. The van der Waals surface area contributed by atoms with Gasteiger partial charge in [-0.15, -0.1) is 0 Å². The Hall–Kier alpha value is -4.42. The van der Waals surface area contributed by atoms with Gasteiger partial charge in [-0.25, -0.2) is 19.0 Å². The highest BCUT2D eigenvalue weighted by Gasteiger charge is 2.39. The van der Waals surface area contributed by atoms with E-state index in [9.17, 15) is 37.5 Å². The highest BCUT2D eigenvalue weighted by molar-refractivity contribution is 5.94. The van der Waals surface area contributed by atoms with Crippen LogP contribution in [-0.2, 0) is 12.6 Å². The van der Waals surface area contributed by atoms with Crippen LogP contribution in [0.3, 0.4) is 0 Å². The topological polar surface area (TPSA) is 127 Å². The molecule has 1 aliphatic heterocycles. The van der Waals surface area contributed by atoms with Crippen LogP contribution in [0.2, 0.25) is 0 Å². The molecule has 2 amide bonds. The lowest BCUT2D eigenvalue weighted by Crippen LogP contribution is -2.45. The number of aromatic carboxylic acids is 1. The molecule has 3 aromatic rings. The monoisotopic (exact) mass is 501 g/mol. The summed E-state index contributed by atoms with van der Waals surface area (Å²) in [5.41, 5.74) is -3.26. The van der Waals surface area contributed by atoms with Crippen molar-refractivity contribution in [3.05, 3.63) is 85.7 Å². The van der Waals surface area contributed by atoms with Gasteiger partial charge in [0.2, 0.25) is 5.69 Å². The second-order valence-corrected chi connectivity index (χ2v) is 8.35. The van der Waals surface area contributed by atoms with Crippen LogP contribution in [0.5, 0.6) is 0 Å². The molecule has 0 unspecified atom stereocenters. The first-order valence-electron chi connectivity index (χ1n) is 10.9. The molecule has 2 N–H and O–H groups in total. The summed E-state index contributed by atoms with van der Waals surface area (Å²) in [6.45, 7) is 0.902. The summed E-state index contributed by atoms with van der Waals surface area (Å²) >= 11 is 0. The molecule has 2 aromatic carbocycles. The minimum atomic E-state index is -4.62. The third kappa shape index (κ3) is 3.72. The maximum Gasteiger partial charge on any atom is 0.416 e. The Morgan fingerprint density at radius 2 is 1.75 bits per heavy atom. The maximum absolute atomic E-state index is 13.5. The number of nitrogens with zero attached hydrogens (tertiary/aromatic N) is 4. The van der Waals surface area contributed by atoms with Gasteiger partial charge in [0.15, 0.2) is 0 Å². The van der Waals surface area contributed by atoms with E-state index in [0.29, 0.717) is 23.3 Å². The van der Waals surface area contributed by atoms with Crippen LogP contribution in [0.4, 0.5) is 23.7 Å². The number of fused-ring (bicyclic) bond motifs is 1. The fourth-order valence-electron chi connectivity index (χ4n) is 4.72. The minimum absolute atomic E-state index is 0.00363. The molecular weight excluding hydrogens is 483 g/mol. The van der Waals surface area contributed by atoms with Crippen LogP contribution < -0.4 is 21.5 Å². The lowest BCUT2D eigenvalue weighted by Gasteiger charge is -2.18. The van der Waals surface area contributed by atoms with E-state index in [1.807, 2.05) is 0 Å². The van der Waals surface area contributed by atoms with Crippen molar-refractivity contribution in [2.75, 3.05) is 18.0 Å². The Balaban J connectivity index is 1.65. The minimum Gasteiger partial charge on any atom is -0.476 e. The number of benzene rings is 2. The van der Waals surface area contributed by atoms with Crippen molar-refractivity contribution >= 4 is 17.7 Å². The van der Waals surface area contributed by atoms with Gasteiger partial charge in [-0.3, -0.25) is 9.69 Å². The zero-order valence-electron chi connectivity index (χ0n) is 18.5. The average molecular weight is 501 g/mol. The summed E-state index contributed by atoms with van der Waals surface area (Å²) < 4.78 is 41.9. The van der Waals surface area contributed by atoms with Gasteiger partial charge in [-0.05, 0) is 54.3 Å². The zero-order chi connectivity index (χ0) is 25.8. The number of urea groups is 1. The number of anilines is 1. The Kier molecular flexibility index (Phi) is 5.42. The summed E-state index contributed by atoms with van der Waals surface area (Å²) in [6.07, 6.45) is -4.66. The van der Waals surface area contributed by atoms with Crippen LogP contribution in [0.1, 0.15) is 39.6 Å². The second-order valence-electron chi connectivity index (χ2n) is 8.35. The quantitative estimate of drug-likeness (QED) is 0.565. The molecule has 2 aliphatic rings. The van der Waals surface area contributed by atoms with Crippen molar-refractivity contribution in [3.8, 4) is 5.69 Å². The lowest BCUT2D eigenvalue weighted by atomic mass is 10.0. The molecule has 10 nitrogen and oxygen atoms in total. The van der Waals surface area contributed by atoms with Crippen molar-refractivity contribution < 1.29 is 27.9 Å². The number of rotatable bonds is 4. The molecule has 5 rings (SSSR count). The first-order chi connectivity index (χ1) is 17.1. The number of carbonyl (C=O) groups is 2. The number of carboxylic acid groups (broad SMARTS) is 1. The van der Waals surface area contributed by atoms with Crippen molar-refractivity contribution in [1.29, 1.82) is 0 Å². The molecule has 36 heavy (non-hydrogen) atoms. The van der Waals surface area contributed by atoms with E-state index < -0.39 is 40.7 Å². The average Bonchev–Trinajstić information content (AvgIpc) is 3.45. The van der Waals surface area contributed by atoms with E-state index in [1.54, 1.807) is 0 Å². The van der Waals surface area contributed by atoms with Crippen molar-refractivity contribution in [2.24, 2.45) is 0 Å². The van der Waals surface area contributed by atoms with E-state index in [-0.39, 0.29) is 35.7 Å². The molecule has 0 spiro atoms. The third-order valence-corrected chi connectivity index (χ3v) is 6.33. The molecule has 1 atom stereocenters. The lowest BCUT2D eigenvalue weighted by molar-refractivity contribution is -0.138. The summed E-state index contributed by atoms with van der Waals surface area (Å²) in [5, 5.41) is 15.9. The maximum atomic E-state index is 13.5. The predicted octanol–water partition coefficient (Wildman–Crippen LogP) is 2.18. The van der Waals surface area contributed by atoms with Gasteiger partial charge in [0.25, 0.3) is 5.56 Å². The van der Waals surface area contributed by atoms with E-state index >= 15 is 0 Å². The Morgan fingerprint density at radius 3 is 2.36 bits per heavy atom. The van der Waals surface area contributed by atoms with Crippen molar-refractivity contribution in [1.82, 2.24) is 19.7 Å². The van der Waals surface area contributed by atoms with E-state index in [4.69, 9.17) is 0 Å². The first-order valence-corrected chi connectivity index (χ1v) is 10.9. The molecule has 13 heteroatoms.